The summed E-state index contributed by atoms with van der Waals surface area (Å²) in [5.41, 5.74) is 4.51. The highest BCUT2D eigenvalue weighted by molar-refractivity contribution is 6.41. The largest absolute Gasteiger partial charge is 0.497 e. The standard InChI is InChI=1S/C24H25Cl2N5O2/c1-33-18-9-6-16(7-10-18)23-19(15-27)22(24(32)29-30-12-4-2-3-5-13-30)28-31(23)21-11-8-17(25)14-20(21)26/h6-11,14,19,23H,2-5,12-13H2,1H3,(H,29,32)/t19-,23+/m1/s1. The molecule has 2 aliphatic heterocycles. The van der Waals surface area contributed by atoms with E-state index in [0.717, 1.165) is 44.3 Å². The molecule has 2 aromatic rings. The van der Waals surface area contributed by atoms with E-state index in [1.54, 1.807) is 30.3 Å². The summed E-state index contributed by atoms with van der Waals surface area (Å²) in [6.45, 7) is 1.57. The number of amides is 1. The summed E-state index contributed by atoms with van der Waals surface area (Å²) in [6, 6.07) is 14.2. The van der Waals surface area contributed by atoms with Gasteiger partial charge in [0.05, 0.1) is 29.9 Å². The van der Waals surface area contributed by atoms with Gasteiger partial charge in [-0.25, -0.2) is 5.01 Å². The predicted octanol–water partition coefficient (Wildman–Crippen LogP) is 4.97. The van der Waals surface area contributed by atoms with Gasteiger partial charge in [0.1, 0.15) is 17.4 Å². The SMILES string of the molecule is COc1ccc([C@H]2[C@H](C#N)C(C(=O)NN3CCCCCC3)=NN2c2ccc(Cl)cc2Cl)cc1. The molecule has 0 bridgehead atoms. The third kappa shape index (κ3) is 5.09. The van der Waals surface area contributed by atoms with Gasteiger partial charge in [-0.15, -0.1) is 0 Å². The molecule has 0 aromatic heterocycles. The molecule has 0 aliphatic carbocycles. The lowest BCUT2D eigenvalue weighted by Gasteiger charge is -2.26. The van der Waals surface area contributed by atoms with Crippen molar-refractivity contribution in [1.29, 1.82) is 5.26 Å². The normalized spacial score (nSPS) is 21.2. The topological polar surface area (TPSA) is 81.0 Å². The van der Waals surface area contributed by atoms with E-state index in [0.29, 0.717) is 21.5 Å². The molecule has 7 nitrogen and oxygen atoms in total. The van der Waals surface area contributed by atoms with Crippen molar-refractivity contribution in [3.63, 3.8) is 0 Å². The fourth-order valence-corrected chi connectivity index (χ4v) is 4.73. The molecule has 0 spiro atoms. The summed E-state index contributed by atoms with van der Waals surface area (Å²) in [5.74, 6) is -0.465. The minimum atomic E-state index is -0.794. The summed E-state index contributed by atoms with van der Waals surface area (Å²) in [7, 11) is 1.59. The number of nitriles is 1. The molecular formula is C24H25Cl2N5O2. The zero-order chi connectivity index (χ0) is 23.4. The van der Waals surface area contributed by atoms with Crippen molar-refractivity contribution in [3.8, 4) is 11.8 Å². The summed E-state index contributed by atoms with van der Waals surface area (Å²) < 4.78 is 5.27. The fourth-order valence-electron chi connectivity index (χ4n) is 4.24. The molecule has 1 amide bonds. The first-order chi connectivity index (χ1) is 16.0. The van der Waals surface area contributed by atoms with Crippen LogP contribution in [0.3, 0.4) is 0 Å². The van der Waals surface area contributed by atoms with E-state index in [9.17, 15) is 10.1 Å². The molecule has 2 aliphatic rings. The van der Waals surface area contributed by atoms with E-state index in [1.807, 2.05) is 29.3 Å². The first-order valence-corrected chi connectivity index (χ1v) is 11.7. The van der Waals surface area contributed by atoms with Crippen molar-refractivity contribution in [2.75, 3.05) is 25.2 Å². The molecule has 0 radical (unpaired) electrons. The van der Waals surface area contributed by atoms with Crippen LogP contribution in [0.2, 0.25) is 10.0 Å². The first-order valence-electron chi connectivity index (χ1n) is 10.9. The lowest BCUT2D eigenvalue weighted by atomic mass is 9.90. The number of nitrogens with one attached hydrogen (secondary N) is 1. The van der Waals surface area contributed by atoms with Crippen molar-refractivity contribution in [1.82, 2.24) is 10.4 Å². The van der Waals surface area contributed by atoms with Gasteiger partial charge >= 0.3 is 0 Å². The van der Waals surface area contributed by atoms with Gasteiger partial charge in [0, 0.05) is 18.1 Å². The predicted molar refractivity (Wildman–Crippen MR) is 129 cm³/mol. The van der Waals surface area contributed by atoms with Gasteiger partial charge in [-0.3, -0.25) is 15.2 Å². The van der Waals surface area contributed by atoms with Crippen LogP contribution in [0.5, 0.6) is 5.75 Å². The van der Waals surface area contributed by atoms with Gasteiger partial charge in [-0.05, 0) is 48.7 Å². The average molecular weight is 486 g/mol. The molecule has 2 heterocycles. The fraction of sp³-hybridized carbons (Fsp3) is 0.375. The molecule has 0 saturated carbocycles. The zero-order valence-corrected chi connectivity index (χ0v) is 19.8. The number of halogens is 2. The number of nitrogens with zero attached hydrogens (tertiary/aromatic N) is 4. The van der Waals surface area contributed by atoms with Crippen molar-refractivity contribution < 1.29 is 9.53 Å². The average Bonchev–Trinajstić information content (AvgIpc) is 3.01. The highest BCUT2D eigenvalue weighted by atomic mass is 35.5. The van der Waals surface area contributed by atoms with Crippen LogP contribution in [-0.2, 0) is 4.79 Å². The molecular weight excluding hydrogens is 461 g/mol. The van der Waals surface area contributed by atoms with Crippen molar-refractivity contribution in [2.24, 2.45) is 11.0 Å². The lowest BCUT2D eigenvalue weighted by Crippen LogP contribution is -2.46. The molecule has 1 N–H and O–H groups in total. The maximum Gasteiger partial charge on any atom is 0.283 e. The highest BCUT2D eigenvalue weighted by Gasteiger charge is 2.43. The lowest BCUT2D eigenvalue weighted by molar-refractivity contribution is -0.119. The van der Waals surface area contributed by atoms with Gasteiger partial charge in [0.2, 0.25) is 0 Å². The maximum atomic E-state index is 13.3. The third-order valence-electron chi connectivity index (χ3n) is 5.94. The minimum absolute atomic E-state index is 0.161. The van der Waals surface area contributed by atoms with Crippen LogP contribution in [0.15, 0.2) is 47.6 Å². The van der Waals surface area contributed by atoms with E-state index in [1.165, 1.54) is 0 Å². The highest BCUT2D eigenvalue weighted by Crippen LogP contribution is 2.42. The van der Waals surface area contributed by atoms with E-state index < -0.39 is 12.0 Å². The Morgan fingerprint density at radius 2 is 1.82 bits per heavy atom. The molecule has 1 saturated heterocycles. The maximum absolute atomic E-state index is 13.3. The van der Waals surface area contributed by atoms with Gasteiger partial charge in [-0.2, -0.15) is 10.4 Å². The number of methoxy groups -OCH3 is 1. The number of hydrogen-bond donors (Lipinski definition) is 1. The van der Waals surface area contributed by atoms with Crippen LogP contribution in [0.1, 0.15) is 37.3 Å². The van der Waals surface area contributed by atoms with Gasteiger partial charge < -0.3 is 4.74 Å². The minimum Gasteiger partial charge on any atom is -0.497 e. The summed E-state index contributed by atoms with van der Waals surface area (Å²) in [5, 5.41) is 19.2. The number of benzene rings is 2. The van der Waals surface area contributed by atoms with E-state index >= 15 is 0 Å². The second-order valence-electron chi connectivity index (χ2n) is 8.09. The van der Waals surface area contributed by atoms with Crippen molar-refractivity contribution >= 4 is 40.5 Å². The quantitative estimate of drug-likeness (QED) is 0.646. The molecule has 2 atom stereocenters. The van der Waals surface area contributed by atoms with Crippen LogP contribution in [0, 0.1) is 17.2 Å². The smallest absolute Gasteiger partial charge is 0.283 e. The number of rotatable bonds is 5. The first kappa shape index (κ1) is 23.4. The Morgan fingerprint density at radius 1 is 1.12 bits per heavy atom. The number of ether oxygens (including phenoxy) is 1. The van der Waals surface area contributed by atoms with Crippen molar-refractivity contribution in [2.45, 2.75) is 31.7 Å². The molecule has 4 rings (SSSR count). The van der Waals surface area contributed by atoms with Crippen molar-refractivity contribution in [3.05, 3.63) is 58.1 Å². The summed E-state index contributed by atoms with van der Waals surface area (Å²) >= 11 is 12.6. The number of hydrazone groups is 1. The second kappa shape index (κ2) is 10.4. The van der Waals surface area contributed by atoms with E-state index in [2.05, 4.69) is 16.6 Å². The Hall–Kier alpha value is -2.79. The van der Waals surface area contributed by atoms with E-state index in [4.69, 9.17) is 27.9 Å². The molecule has 1 fully saturated rings. The Kier molecular flexibility index (Phi) is 7.39. The number of carbonyl (C=O) groups is 1. The van der Waals surface area contributed by atoms with Crippen LogP contribution in [0.4, 0.5) is 5.69 Å². The van der Waals surface area contributed by atoms with Crippen LogP contribution in [-0.4, -0.2) is 36.8 Å². The molecule has 2 aromatic carbocycles. The molecule has 0 unspecified atom stereocenters. The van der Waals surface area contributed by atoms with Gasteiger partial charge in [-0.1, -0.05) is 48.2 Å². The summed E-state index contributed by atoms with van der Waals surface area (Å²) in [6.07, 6.45) is 4.35. The van der Waals surface area contributed by atoms with Gasteiger partial charge in [0.15, 0.2) is 0 Å². The van der Waals surface area contributed by atoms with Crippen LogP contribution < -0.4 is 15.2 Å². The summed E-state index contributed by atoms with van der Waals surface area (Å²) in [4.78, 5) is 13.3. The molecule has 172 valence electrons. The second-order valence-corrected chi connectivity index (χ2v) is 8.94. The monoisotopic (exact) mass is 485 g/mol. The zero-order valence-electron chi connectivity index (χ0n) is 18.3. The Bertz CT molecular complexity index is 1080. The van der Waals surface area contributed by atoms with Gasteiger partial charge in [0.25, 0.3) is 5.91 Å². The number of hydrazine groups is 1. The van der Waals surface area contributed by atoms with Crippen LogP contribution in [0.25, 0.3) is 0 Å². The Balaban J connectivity index is 1.71. The van der Waals surface area contributed by atoms with E-state index in [-0.39, 0.29) is 11.6 Å². The Morgan fingerprint density at radius 3 is 2.42 bits per heavy atom. The number of hydrogen-bond acceptors (Lipinski definition) is 6. The third-order valence-corrected chi connectivity index (χ3v) is 6.48. The van der Waals surface area contributed by atoms with Crippen LogP contribution >= 0.6 is 23.2 Å². The molecule has 33 heavy (non-hydrogen) atoms. The Labute approximate surface area is 203 Å². The number of carbonyl (C=O) groups excluding carboxylic acids is 1. The molecule has 9 heteroatoms. The number of anilines is 1.